The largest absolute Gasteiger partial charge is 0.490 e. The lowest BCUT2D eigenvalue weighted by molar-refractivity contribution is 0.245. The van der Waals surface area contributed by atoms with Crippen LogP contribution in [0.25, 0.3) is 11.3 Å². The molecule has 4 rings (SSSR count). The standard InChI is InChI=1S/C24H29N3O2/c1-3-14-29-22-11-10-19(15-23(22)28-4-2)24-20-17-27(13-12-21(20)25-26-24)16-18-8-6-5-7-9-18/h5-11,15H,3-4,12-14,16-17H2,1-2H3,(H,25,26). The summed E-state index contributed by atoms with van der Waals surface area (Å²) < 4.78 is 11.7. The first-order valence-corrected chi connectivity index (χ1v) is 10.5. The molecule has 1 aromatic heterocycles. The lowest BCUT2D eigenvalue weighted by atomic mass is 10.00. The van der Waals surface area contributed by atoms with Crippen LogP contribution in [0.4, 0.5) is 0 Å². The highest BCUT2D eigenvalue weighted by molar-refractivity contribution is 5.68. The quantitative estimate of drug-likeness (QED) is 0.598. The number of nitrogens with one attached hydrogen (secondary N) is 1. The number of hydrogen-bond acceptors (Lipinski definition) is 4. The highest BCUT2D eigenvalue weighted by Gasteiger charge is 2.23. The summed E-state index contributed by atoms with van der Waals surface area (Å²) in [5.41, 5.74) is 5.96. The number of rotatable bonds is 8. The van der Waals surface area contributed by atoms with Crippen LogP contribution in [0.5, 0.6) is 11.5 Å². The summed E-state index contributed by atoms with van der Waals surface area (Å²) >= 11 is 0. The molecule has 2 aromatic carbocycles. The minimum absolute atomic E-state index is 0.607. The van der Waals surface area contributed by atoms with Crippen molar-refractivity contribution in [2.75, 3.05) is 19.8 Å². The summed E-state index contributed by atoms with van der Waals surface area (Å²) in [5.74, 6) is 1.58. The van der Waals surface area contributed by atoms with Gasteiger partial charge in [-0.1, -0.05) is 37.3 Å². The van der Waals surface area contributed by atoms with Crippen LogP contribution in [0.15, 0.2) is 48.5 Å². The van der Waals surface area contributed by atoms with Crippen LogP contribution in [0, 0.1) is 0 Å². The molecule has 3 aromatic rings. The van der Waals surface area contributed by atoms with Gasteiger partial charge in [0.1, 0.15) is 0 Å². The predicted octanol–water partition coefficient (Wildman–Crippen LogP) is 4.82. The summed E-state index contributed by atoms with van der Waals surface area (Å²) in [4.78, 5) is 2.48. The van der Waals surface area contributed by atoms with Crippen LogP contribution in [-0.2, 0) is 19.5 Å². The lowest BCUT2D eigenvalue weighted by Gasteiger charge is -2.27. The minimum Gasteiger partial charge on any atom is -0.490 e. The van der Waals surface area contributed by atoms with Gasteiger partial charge in [0.05, 0.1) is 18.9 Å². The Bertz CT molecular complexity index is 937. The third kappa shape index (κ3) is 4.46. The molecule has 0 unspecified atom stereocenters. The van der Waals surface area contributed by atoms with Crippen molar-refractivity contribution in [2.45, 2.75) is 39.8 Å². The smallest absolute Gasteiger partial charge is 0.161 e. The fourth-order valence-corrected chi connectivity index (χ4v) is 3.82. The Hall–Kier alpha value is -2.79. The number of benzene rings is 2. The highest BCUT2D eigenvalue weighted by atomic mass is 16.5. The van der Waals surface area contributed by atoms with Gasteiger partial charge in [0.2, 0.25) is 0 Å². The zero-order valence-electron chi connectivity index (χ0n) is 17.3. The number of ether oxygens (including phenoxy) is 2. The summed E-state index contributed by atoms with van der Waals surface area (Å²) in [7, 11) is 0. The molecule has 0 fully saturated rings. The molecule has 0 atom stereocenters. The fraction of sp³-hybridized carbons (Fsp3) is 0.375. The van der Waals surface area contributed by atoms with E-state index < -0.39 is 0 Å². The van der Waals surface area contributed by atoms with E-state index in [0.29, 0.717) is 13.2 Å². The van der Waals surface area contributed by atoms with E-state index in [9.17, 15) is 0 Å². The first kappa shape index (κ1) is 19.5. The van der Waals surface area contributed by atoms with E-state index in [1.807, 2.05) is 13.0 Å². The molecule has 0 bridgehead atoms. The number of aromatic amines is 1. The second kappa shape index (κ2) is 9.14. The van der Waals surface area contributed by atoms with Crippen molar-refractivity contribution in [2.24, 2.45) is 0 Å². The van der Waals surface area contributed by atoms with Gasteiger partial charge in [0.25, 0.3) is 0 Å². The number of fused-ring (bicyclic) bond motifs is 1. The van der Waals surface area contributed by atoms with E-state index in [4.69, 9.17) is 9.47 Å². The zero-order chi connectivity index (χ0) is 20.1. The van der Waals surface area contributed by atoms with Gasteiger partial charge in [-0.15, -0.1) is 0 Å². The number of hydrogen-bond donors (Lipinski definition) is 1. The average molecular weight is 392 g/mol. The molecule has 0 spiro atoms. The summed E-state index contributed by atoms with van der Waals surface area (Å²) in [6.07, 6.45) is 1.96. The molecular weight excluding hydrogens is 362 g/mol. The van der Waals surface area contributed by atoms with Gasteiger partial charge >= 0.3 is 0 Å². The molecule has 152 valence electrons. The van der Waals surface area contributed by atoms with E-state index in [1.165, 1.54) is 16.8 Å². The van der Waals surface area contributed by atoms with E-state index in [-0.39, 0.29) is 0 Å². The van der Waals surface area contributed by atoms with Crippen LogP contribution >= 0.6 is 0 Å². The Kier molecular flexibility index (Phi) is 6.15. The Morgan fingerprint density at radius 2 is 1.90 bits per heavy atom. The molecular formula is C24H29N3O2. The molecule has 1 N–H and O–H groups in total. The van der Waals surface area contributed by atoms with Gasteiger partial charge in [-0.2, -0.15) is 5.10 Å². The molecule has 0 saturated heterocycles. The molecule has 0 radical (unpaired) electrons. The third-order valence-electron chi connectivity index (χ3n) is 5.24. The average Bonchev–Trinajstić information content (AvgIpc) is 3.17. The lowest BCUT2D eigenvalue weighted by Crippen LogP contribution is -2.29. The van der Waals surface area contributed by atoms with Crippen LogP contribution < -0.4 is 9.47 Å². The van der Waals surface area contributed by atoms with Gasteiger partial charge in [0.15, 0.2) is 11.5 Å². The molecule has 0 aliphatic carbocycles. The Morgan fingerprint density at radius 1 is 1.03 bits per heavy atom. The van der Waals surface area contributed by atoms with Gasteiger partial charge < -0.3 is 9.47 Å². The first-order chi connectivity index (χ1) is 14.3. The monoisotopic (exact) mass is 391 g/mol. The van der Waals surface area contributed by atoms with E-state index in [1.54, 1.807) is 0 Å². The molecule has 1 aliphatic rings. The number of nitrogens with zero attached hydrogens (tertiary/aromatic N) is 2. The SMILES string of the molecule is CCCOc1ccc(-c2n[nH]c3c2CN(Cc2ccccc2)CC3)cc1OCC. The molecule has 2 heterocycles. The van der Waals surface area contributed by atoms with Crippen LogP contribution in [-0.4, -0.2) is 34.9 Å². The fourth-order valence-electron chi connectivity index (χ4n) is 3.82. The maximum absolute atomic E-state index is 5.85. The Balaban J connectivity index is 1.58. The minimum atomic E-state index is 0.607. The topological polar surface area (TPSA) is 50.4 Å². The van der Waals surface area contributed by atoms with Crippen LogP contribution in [0.1, 0.15) is 37.1 Å². The summed E-state index contributed by atoms with van der Waals surface area (Å²) in [6, 6.07) is 16.8. The number of aromatic nitrogens is 2. The summed E-state index contributed by atoms with van der Waals surface area (Å²) in [6.45, 7) is 8.28. The van der Waals surface area contributed by atoms with Crippen molar-refractivity contribution in [3.05, 3.63) is 65.4 Å². The maximum atomic E-state index is 5.85. The second-order valence-corrected chi connectivity index (χ2v) is 7.42. The Labute approximate surface area is 172 Å². The van der Waals surface area contributed by atoms with Crippen molar-refractivity contribution >= 4 is 0 Å². The van der Waals surface area contributed by atoms with Crippen molar-refractivity contribution in [3.8, 4) is 22.8 Å². The molecule has 0 saturated carbocycles. The van der Waals surface area contributed by atoms with Gasteiger partial charge in [-0.25, -0.2) is 0 Å². The molecule has 1 aliphatic heterocycles. The van der Waals surface area contributed by atoms with E-state index in [0.717, 1.165) is 55.2 Å². The first-order valence-electron chi connectivity index (χ1n) is 10.5. The van der Waals surface area contributed by atoms with E-state index in [2.05, 4.69) is 64.5 Å². The third-order valence-corrected chi connectivity index (χ3v) is 5.24. The molecule has 0 amide bonds. The van der Waals surface area contributed by atoms with Crippen molar-refractivity contribution < 1.29 is 9.47 Å². The number of H-pyrrole nitrogens is 1. The zero-order valence-corrected chi connectivity index (χ0v) is 17.3. The summed E-state index contributed by atoms with van der Waals surface area (Å²) in [5, 5.41) is 7.92. The van der Waals surface area contributed by atoms with Gasteiger partial charge in [0, 0.05) is 42.9 Å². The Morgan fingerprint density at radius 3 is 2.69 bits per heavy atom. The van der Waals surface area contributed by atoms with Crippen LogP contribution in [0.2, 0.25) is 0 Å². The maximum Gasteiger partial charge on any atom is 0.161 e. The van der Waals surface area contributed by atoms with Crippen molar-refractivity contribution in [1.82, 2.24) is 15.1 Å². The highest BCUT2D eigenvalue weighted by Crippen LogP contribution is 2.35. The normalized spacial score (nSPS) is 13.9. The molecule has 5 nitrogen and oxygen atoms in total. The van der Waals surface area contributed by atoms with E-state index >= 15 is 0 Å². The predicted molar refractivity (Wildman–Crippen MR) is 115 cm³/mol. The van der Waals surface area contributed by atoms with Crippen LogP contribution in [0.3, 0.4) is 0 Å². The molecule has 29 heavy (non-hydrogen) atoms. The second-order valence-electron chi connectivity index (χ2n) is 7.42. The molecule has 5 heteroatoms. The van der Waals surface area contributed by atoms with Gasteiger partial charge in [-0.05, 0) is 37.1 Å². The van der Waals surface area contributed by atoms with Crippen molar-refractivity contribution in [3.63, 3.8) is 0 Å². The van der Waals surface area contributed by atoms with Crippen molar-refractivity contribution in [1.29, 1.82) is 0 Å². The van der Waals surface area contributed by atoms with Gasteiger partial charge in [-0.3, -0.25) is 10.00 Å².